The van der Waals surface area contributed by atoms with Gasteiger partial charge in [0, 0.05) is 37.9 Å². The average molecular weight is 289 g/mol. The Morgan fingerprint density at radius 3 is 2.95 bits per heavy atom. The van der Waals surface area contributed by atoms with Gasteiger partial charge in [0.05, 0.1) is 6.54 Å². The zero-order valence-electron chi connectivity index (χ0n) is 13.5. The number of aromatic nitrogens is 2. The quantitative estimate of drug-likeness (QED) is 0.918. The van der Waals surface area contributed by atoms with Gasteiger partial charge in [-0.1, -0.05) is 0 Å². The van der Waals surface area contributed by atoms with Gasteiger partial charge in [-0.15, -0.1) is 0 Å². The molecular formula is C16H27N5. The maximum absolute atomic E-state index is 4.59. The number of anilines is 1. The van der Waals surface area contributed by atoms with Crippen LogP contribution in [0.1, 0.15) is 30.8 Å². The third-order valence-corrected chi connectivity index (χ3v) is 4.95. The van der Waals surface area contributed by atoms with Crippen molar-refractivity contribution in [1.82, 2.24) is 19.8 Å². The SMILES string of the molecule is CNc1cc(C)nc(CN2CCC3C(CCCN3C)C2)n1. The molecule has 1 aromatic rings. The van der Waals surface area contributed by atoms with E-state index >= 15 is 0 Å². The Morgan fingerprint density at radius 1 is 1.29 bits per heavy atom. The number of fused-ring (bicyclic) bond motifs is 1. The van der Waals surface area contributed by atoms with Crippen molar-refractivity contribution in [2.24, 2.45) is 5.92 Å². The molecule has 0 aromatic carbocycles. The van der Waals surface area contributed by atoms with E-state index in [9.17, 15) is 0 Å². The number of piperidine rings is 2. The number of nitrogens with one attached hydrogen (secondary N) is 1. The smallest absolute Gasteiger partial charge is 0.144 e. The number of likely N-dealkylation sites (tertiary alicyclic amines) is 2. The lowest BCUT2D eigenvalue weighted by Crippen LogP contribution is -2.52. The van der Waals surface area contributed by atoms with Gasteiger partial charge in [-0.2, -0.15) is 0 Å². The van der Waals surface area contributed by atoms with Crippen LogP contribution in [0.3, 0.4) is 0 Å². The molecule has 1 N–H and O–H groups in total. The summed E-state index contributed by atoms with van der Waals surface area (Å²) < 4.78 is 0. The molecule has 5 heteroatoms. The van der Waals surface area contributed by atoms with Crippen molar-refractivity contribution in [3.05, 3.63) is 17.6 Å². The zero-order chi connectivity index (χ0) is 14.8. The van der Waals surface area contributed by atoms with Gasteiger partial charge in [0.25, 0.3) is 0 Å². The zero-order valence-corrected chi connectivity index (χ0v) is 13.5. The highest BCUT2D eigenvalue weighted by Gasteiger charge is 2.34. The number of nitrogens with zero attached hydrogens (tertiary/aromatic N) is 4. The van der Waals surface area contributed by atoms with Gasteiger partial charge in [-0.3, -0.25) is 4.90 Å². The lowest BCUT2D eigenvalue weighted by atomic mass is 9.84. The topological polar surface area (TPSA) is 44.3 Å². The summed E-state index contributed by atoms with van der Waals surface area (Å²) in [5.41, 5.74) is 1.04. The van der Waals surface area contributed by atoms with Crippen LogP contribution in [-0.4, -0.2) is 59.5 Å². The molecule has 21 heavy (non-hydrogen) atoms. The van der Waals surface area contributed by atoms with Crippen LogP contribution in [0.4, 0.5) is 5.82 Å². The minimum Gasteiger partial charge on any atom is -0.373 e. The molecule has 2 aliphatic heterocycles. The van der Waals surface area contributed by atoms with Crippen LogP contribution in [0.5, 0.6) is 0 Å². The highest BCUT2D eigenvalue weighted by atomic mass is 15.2. The number of rotatable bonds is 3. The molecule has 2 saturated heterocycles. The summed E-state index contributed by atoms with van der Waals surface area (Å²) >= 11 is 0. The van der Waals surface area contributed by atoms with Crippen LogP contribution in [0.2, 0.25) is 0 Å². The summed E-state index contributed by atoms with van der Waals surface area (Å²) in [4.78, 5) is 14.3. The molecule has 0 spiro atoms. The molecule has 0 radical (unpaired) electrons. The van der Waals surface area contributed by atoms with Gasteiger partial charge in [0.15, 0.2) is 0 Å². The molecule has 0 amide bonds. The third kappa shape index (κ3) is 3.35. The fraction of sp³-hybridized carbons (Fsp3) is 0.750. The Labute approximate surface area is 127 Å². The number of hydrogen-bond acceptors (Lipinski definition) is 5. The lowest BCUT2D eigenvalue weighted by Gasteiger charge is -2.45. The van der Waals surface area contributed by atoms with Gasteiger partial charge in [0.2, 0.25) is 0 Å². The number of aryl methyl sites for hydroxylation is 1. The predicted molar refractivity (Wildman–Crippen MR) is 85.4 cm³/mol. The Bertz CT molecular complexity index is 490. The molecule has 2 atom stereocenters. The maximum atomic E-state index is 4.59. The van der Waals surface area contributed by atoms with E-state index in [1.54, 1.807) is 0 Å². The van der Waals surface area contributed by atoms with Gasteiger partial charge in [-0.25, -0.2) is 9.97 Å². The van der Waals surface area contributed by atoms with Crippen LogP contribution in [0.25, 0.3) is 0 Å². The second-order valence-corrected chi connectivity index (χ2v) is 6.53. The van der Waals surface area contributed by atoms with E-state index in [4.69, 9.17) is 0 Å². The second kappa shape index (κ2) is 6.28. The minimum absolute atomic E-state index is 0.793. The van der Waals surface area contributed by atoms with Crippen LogP contribution in [0.15, 0.2) is 6.07 Å². The molecule has 0 saturated carbocycles. The Morgan fingerprint density at radius 2 is 2.14 bits per heavy atom. The molecule has 3 rings (SSSR count). The van der Waals surface area contributed by atoms with E-state index < -0.39 is 0 Å². The van der Waals surface area contributed by atoms with E-state index in [-0.39, 0.29) is 0 Å². The first kappa shape index (κ1) is 14.7. The molecular weight excluding hydrogens is 262 g/mol. The Balaban J connectivity index is 1.65. The molecule has 0 aliphatic carbocycles. The van der Waals surface area contributed by atoms with Crippen molar-refractivity contribution < 1.29 is 0 Å². The van der Waals surface area contributed by atoms with Crippen LogP contribution in [-0.2, 0) is 6.54 Å². The highest BCUT2D eigenvalue weighted by molar-refractivity contribution is 5.34. The van der Waals surface area contributed by atoms with Crippen LogP contribution >= 0.6 is 0 Å². The predicted octanol–water partition coefficient (Wildman–Crippen LogP) is 1.74. The molecule has 3 heterocycles. The van der Waals surface area contributed by atoms with Gasteiger partial charge in [-0.05, 0) is 45.7 Å². The molecule has 2 unspecified atom stereocenters. The monoisotopic (exact) mass is 289 g/mol. The van der Waals surface area contributed by atoms with Crippen molar-refractivity contribution in [3.8, 4) is 0 Å². The van der Waals surface area contributed by atoms with E-state index in [1.165, 1.54) is 32.4 Å². The summed E-state index contributed by atoms with van der Waals surface area (Å²) in [7, 11) is 4.20. The van der Waals surface area contributed by atoms with Crippen molar-refractivity contribution in [1.29, 1.82) is 0 Å². The van der Waals surface area contributed by atoms with Crippen molar-refractivity contribution in [2.45, 2.75) is 38.8 Å². The van der Waals surface area contributed by atoms with E-state index in [2.05, 4.69) is 32.1 Å². The molecule has 116 valence electrons. The normalized spacial score (nSPS) is 27.4. The standard InChI is InChI=1S/C16H27N5/c1-12-9-15(17-2)19-16(18-12)11-21-8-6-14-13(10-21)5-4-7-20(14)3/h9,13-14H,4-8,10-11H2,1-3H3,(H,17,18,19). The van der Waals surface area contributed by atoms with Crippen molar-refractivity contribution in [2.75, 3.05) is 39.0 Å². The summed E-state index contributed by atoms with van der Waals surface area (Å²) in [6, 6.07) is 2.78. The molecule has 1 aromatic heterocycles. The Kier molecular flexibility index (Phi) is 4.40. The van der Waals surface area contributed by atoms with Gasteiger partial charge < -0.3 is 10.2 Å². The fourth-order valence-electron chi connectivity index (χ4n) is 3.90. The third-order valence-electron chi connectivity index (χ3n) is 4.95. The van der Waals surface area contributed by atoms with Crippen molar-refractivity contribution >= 4 is 5.82 Å². The van der Waals surface area contributed by atoms with Gasteiger partial charge >= 0.3 is 0 Å². The molecule has 2 aliphatic rings. The first-order chi connectivity index (χ1) is 10.2. The lowest BCUT2D eigenvalue weighted by molar-refractivity contribution is 0.0345. The van der Waals surface area contributed by atoms with Gasteiger partial charge in [0.1, 0.15) is 11.6 Å². The highest BCUT2D eigenvalue weighted by Crippen LogP contribution is 2.29. The number of hydrogen-bond donors (Lipinski definition) is 1. The molecule has 0 bridgehead atoms. The maximum Gasteiger partial charge on any atom is 0.144 e. The first-order valence-corrected chi connectivity index (χ1v) is 8.10. The summed E-state index contributed by atoms with van der Waals surface area (Å²) in [5.74, 6) is 2.69. The minimum atomic E-state index is 0.793. The average Bonchev–Trinajstić information content (AvgIpc) is 2.46. The van der Waals surface area contributed by atoms with E-state index in [0.717, 1.165) is 42.4 Å². The van der Waals surface area contributed by atoms with Crippen molar-refractivity contribution in [3.63, 3.8) is 0 Å². The molecule has 2 fully saturated rings. The summed E-state index contributed by atoms with van der Waals surface area (Å²) in [5, 5.41) is 3.12. The van der Waals surface area contributed by atoms with Crippen LogP contribution in [0, 0.1) is 12.8 Å². The summed E-state index contributed by atoms with van der Waals surface area (Å²) in [6.45, 7) is 6.55. The first-order valence-electron chi connectivity index (χ1n) is 8.10. The molecule has 5 nitrogen and oxygen atoms in total. The largest absolute Gasteiger partial charge is 0.373 e. The summed E-state index contributed by atoms with van der Waals surface area (Å²) in [6.07, 6.45) is 4.00. The second-order valence-electron chi connectivity index (χ2n) is 6.53. The Hall–Kier alpha value is -1.20. The van der Waals surface area contributed by atoms with E-state index in [1.807, 2.05) is 20.0 Å². The van der Waals surface area contributed by atoms with Crippen LogP contribution < -0.4 is 5.32 Å². The van der Waals surface area contributed by atoms with E-state index in [0.29, 0.717) is 0 Å². The fourth-order valence-corrected chi connectivity index (χ4v) is 3.90.